The average Bonchev–Trinajstić information content (AvgIpc) is 2.42. The number of carbonyl (C=O) groups is 1. The van der Waals surface area contributed by atoms with Crippen LogP contribution in [-0.4, -0.2) is 32.1 Å². The van der Waals surface area contributed by atoms with Gasteiger partial charge in [0.2, 0.25) is 5.91 Å². The molecule has 112 valence electrons. The van der Waals surface area contributed by atoms with Crippen molar-refractivity contribution < 1.29 is 4.79 Å². The Balaban J connectivity index is 2.39. The van der Waals surface area contributed by atoms with Gasteiger partial charge in [-0.15, -0.1) is 0 Å². The van der Waals surface area contributed by atoms with Gasteiger partial charge in [0, 0.05) is 19.3 Å². The van der Waals surface area contributed by atoms with E-state index in [-0.39, 0.29) is 5.91 Å². The smallest absolute Gasteiger partial charge is 0.237 e. The van der Waals surface area contributed by atoms with Crippen molar-refractivity contribution in [1.82, 2.24) is 5.32 Å². The summed E-state index contributed by atoms with van der Waals surface area (Å²) in [7, 11) is 3.88. The molecule has 0 fully saturated rings. The molecule has 1 aromatic carbocycles. The molecule has 0 bridgehead atoms. The number of rotatable bonds is 8. The van der Waals surface area contributed by atoms with Crippen molar-refractivity contribution in [3.05, 3.63) is 29.8 Å². The van der Waals surface area contributed by atoms with Gasteiger partial charge < -0.3 is 16.0 Å². The Hall–Kier alpha value is -1.55. The van der Waals surface area contributed by atoms with E-state index in [1.165, 1.54) is 11.3 Å². The van der Waals surface area contributed by atoms with Crippen LogP contribution in [0, 0.1) is 6.92 Å². The average molecular weight is 277 g/mol. The second kappa shape index (κ2) is 7.29. The summed E-state index contributed by atoms with van der Waals surface area (Å²) in [6.45, 7) is 4.93. The number of nitrogens with one attached hydrogen (secondary N) is 1. The van der Waals surface area contributed by atoms with Crippen LogP contribution in [0.25, 0.3) is 0 Å². The van der Waals surface area contributed by atoms with Gasteiger partial charge in [0.15, 0.2) is 0 Å². The highest BCUT2D eigenvalue weighted by Crippen LogP contribution is 2.17. The number of anilines is 1. The summed E-state index contributed by atoms with van der Waals surface area (Å²) in [4.78, 5) is 13.6. The highest BCUT2D eigenvalue weighted by molar-refractivity contribution is 5.84. The highest BCUT2D eigenvalue weighted by atomic mass is 16.1. The van der Waals surface area contributed by atoms with Gasteiger partial charge in [-0.1, -0.05) is 12.1 Å². The lowest BCUT2D eigenvalue weighted by atomic mass is 9.94. The van der Waals surface area contributed by atoms with Gasteiger partial charge in [-0.2, -0.15) is 0 Å². The molecule has 0 aliphatic heterocycles. The molecule has 0 saturated carbocycles. The lowest BCUT2D eigenvalue weighted by Crippen LogP contribution is -2.51. The van der Waals surface area contributed by atoms with E-state index in [0.717, 1.165) is 25.8 Å². The van der Waals surface area contributed by atoms with Crippen LogP contribution in [0.5, 0.6) is 0 Å². The Morgan fingerprint density at radius 2 is 2.10 bits per heavy atom. The van der Waals surface area contributed by atoms with Gasteiger partial charge in [-0.3, -0.25) is 4.79 Å². The van der Waals surface area contributed by atoms with E-state index < -0.39 is 5.54 Å². The zero-order valence-corrected chi connectivity index (χ0v) is 13.1. The van der Waals surface area contributed by atoms with Crippen molar-refractivity contribution in [3.63, 3.8) is 0 Å². The number of carbonyl (C=O) groups excluding carboxylic acids is 1. The molecule has 1 rings (SSSR count). The summed E-state index contributed by atoms with van der Waals surface area (Å²) >= 11 is 0. The van der Waals surface area contributed by atoms with Crippen LogP contribution in [0.1, 0.15) is 31.7 Å². The fourth-order valence-electron chi connectivity index (χ4n) is 2.19. The molecule has 0 radical (unpaired) electrons. The molecule has 0 aromatic heterocycles. The first kappa shape index (κ1) is 16.5. The number of hydrogen-bond acceptors (Lipinski definition) is 3. The lowest BCUT2D eigenvalue weighted by molar-refractivity contribution is -0.123. The first-order valence-electron chi connectivity index (χ1n) is 7.15. The van der Waals surface area contributed by atoms with Crippen molar-refractivity contribution in [1.29, 1.82) is 0 Å². The van der Waals surface area contributed by atoms with E-state index in [0.29, 0.717) is 0 Å². The maximum absolute atomic E-state index is 11.4. The zero-order chi connectivity index (χ0) is 15.2. The van der Waals surface area contributed by atoms with Crippen LogP contribution in [0.15, 0.2) is 24.3 Å². The van der Waals surface area contributed by atoms with Crippen LogP contribution in [-0.2, 0) is 4.79 Å². The van der Waals surface area contributed by atoms with Gasteiger partial charge in [0.1, 0.15) is 0 Å². The van der Waals surface area contributed by atoms with Crippen molar-refractivity contribution in [2.24, 2.45) is 5.73 Å². The molecule has 1 unspecified atom stereocenters. The molecular formula is C16H27N3O. The van der Waals surface area contributed by atoms with Crippen molar-refractivity contribution >= 4 is 11.6 Å². The van der Waals surface area contributed by atoms with Crippen molar-refractivity contribution in [3.8, 4) is 0 Å². The molecule has 3 N–H and O–H groups in total. The van der Waals surface area contributed by atoms with Crippen molar-refractivity contribution in [2.45, 2.75) is 38.6 Å². The number of aryl methyl sites for hydroxylation is 1. The van der Waals surface area contributed by atoms with Crippen molar-refractivity contribution in [2.75, 3.05) is 25.5 Å². The maximum atomic E-state index is 11.4. The number of unbranched alkanes of at least 4 members (excludes halogenated alkanes) is 1. The summed E-state index contributed by atoms with van der Waals surface area (Å²) in [5, 5.41) is 3.02. The molecule has 4 nitrogen and oxygen atoms in total. The molecule has 1 aromatic rings. The van der Waals surface area contributed by atoms with Gasteiger partial charge in [-0.05, 0) is 57.9 Å². The molecule has 20 heavy (non-hydrogen) atoms. The van der Waals surface area contributed by atoms with E-state index in [9.17, 15) is 4.79 Å². The first-order valence-corrected chi connectivity index (χ1v) is 7.15. The second-order valence-electron chi connectivity index (χ2n) is 5.66. The minimum absolute atomic E-state index is 0.285. The number of amides is 1. The number of nitrogens with two attached hydrogens (primary N) is 1. The third kappa shape index (κ3) is 4.53. The fraction of sp³-hybridized carbons (Fsp3) is 0.562. The zero-order valence-electron chi connectivity index (χ0n) is 13.1. The summed E-state index contributed by atoms with van der Waals surface area (Å²) < 4.78 is 0. The predicted octanol–water partition coefficient (Wildman–Crippen LogP) is 2.06. The third-order valence-electron chi connectivity index (χ3n) is 3.96. The highest BCUT2D eigenvalue weighted by Gasteiger charge is 2.27. The SMILES string of the molecule is CNC(C)(CCCCN(C)c1cccc(C)c1)C(N)=O. The van der Waals surface area contributed by atoms with Crippen LogP contribution < -0.4 is 16.0 Å². The first-order chi connectivity index (χ1) is 9.39. The number of hydrogen-bond donors (Lipinski definition) is 2. The summed E-state index contributed by atoms with van der Waals surface area (Å²) in [5.74, 6) is -0.285. The predicted molar refractivity (Wildman–Crippen MR) is 85.0 cm³/mol. The van der Waals surface area contributed by atoms with Gasteiger partial charge in [-0.25, -0.2) is 0 Å². The maximum Gasteiger partial charge on any atom is 0.237 e. The molecule has 0 aliphatic carbocycles. The minimum Gasteiger partial charge on any atom is -0.375 e. The molecule has 0 heterocycles. The molecule has 0 saturated heterocycles. The molecule has 0 spiro atoms. The van der Waals surface area contributed by atoms with E-state index in [2.05, 4.69) is 48.5 Å². The van der Waals surface area contributed by atoms with E-state index in [1.807, 2.05) is 6.92 Å². The minimum atomic E-state index is -0.595. The van der Waals surface area contributed by atoms with Gasteiger partial charge >= 0.3 is 0 Å². The molecule has 4 heteroatoms. The number of benzene rings is 1. The van der Waals surface area contributed by atoms with Crippen LogP contribution in [0.3, 0.4) is 0 Å². The van der Waals surface area contributed by atoms with E-state index in [1.54, 1.807) is 7.05 Å². The lowest BCUT2D eigenvalue weighted by Gasteiger charge is -2.26. The number of primary amides is 1. The largest absolute Gasteiger partial charge is 0.375 e. The van der Waals surface area contributed by atoms with Crippen LogP contribution in [0.2, 0.25) is 0 Å². The quantitative estimate of drug-likeness (QED) is 0.715. The summed E-state index contributed by atoms with van der Waals surface area (Å²) in [6, 6.07) is 8.48. The number of nitrogens with zero attached hydrogens (tertiary/aromatic N) is 1. The van der Waals surface area contributed by atoms with Gasteiger partial charge in [0.05, 0.1) is 5.54 Å². The topological polar surface area (TPSA) is 58.4 Å². The fourth-order valence-corrected chi connectivity index (χ4v) is 2.19. The number of likely N-dealkylation sites (N-methyl/N-ethyl adjacent to an activating group) is 1. The Bertz CT molecular complexity index is 447. The molecule has 0 aliphatic rings. The van der Waals surface area contributed by atoms with Crippen LogP contribution >= 0.6 is 0 Å². The Kier molecular flexibility index (Phi) is 6.02. The summed E-state index contributed by atoms with van der Waals surface area (Å²) in [6.07, 6.45) is 2.77. The second-order valence-corrected chi connectivity index (χ2v) is 5.66. The van der Waals surface area contributed by atoms with Gasteiger partial charge in [0.25, 0.3) is 0 Å². The third-order valence-corrected chi connectivity index (χ3v) is 3.96. The Labute approximate surface area is 122 Å². The Morgan fingerprint density at radius 3 is 2.65 bits per heavy atom. The van der Waals surface area contributed by atoms with E-state index >= 15 is 0 Å². The molecular weight excluding hydrogens is 250 g/mol. The normalized spacial score (nSPS) is 13.8. The van der Waals surface area contributed by atoms with E-state index in [4.69, 9.17) is 5.73 Å². The Morgan fingerprint density at radius 1 is 1.40 bits per heavy atom. The standard InChI is InChI=1S/C16H27N3O/c1-13-8-7-9-14(12-13)19(4)11-6-5-10-16(2,18-3)15(17)20/h7-9,12,18H,5-6,10-11H2,1-4H3,(H2,17,20). The monoisotopic (exact) mass is 277 g/mol. The summed E-state index contributed by atoms with van der Waals surface area (Å²) in [5.41, 5.74) is 7.33. The van der Waals surface area contributed by atoms with Crippen LogP contribution in [0.4, 0.5) is 5.69 Å². The molecule has 1 atom stereocenters. The molecule has 1 amide bonds.